The van der Waals surface area contributed by atoms with Crippen LogP contribution in [0.2, 0.25) is 0 Å². The zero-order chi connectivity index (χ0) is 14.2. The maximum atomic E-state index is 3.55. The van der Waals surface area contributed by atoms with Crippen LogP contribution in [0.3, 0.4) is 0 Å². The smallest absolute Gasteiger partial charge is 0.0205 e. The number of hydrogen-bond acceptors (Lipinski definition) is 3. The van der Waals surface area contributed by atoms with Gasteiger partial charge in [0.1, 0.15) is 0 Å². The Morgan fingerprint density at radius 2 is 1.90 bits per heavy atom. The van der Waals surface area contributed by atoms with E-state index < -0.39 is 0 Å². The van der Waals surface area contributed by atoms with E-state index in [2.05, 4.69) is 47.7 Å². The van der Waals surface area contributed by atoms with Gasteiger partial charge in [-0.3, -0.25) is 0 Å². The summed E-state index contributed by atoms with van der Waals surface area (Å²) in [7, 11) is 0. The van der Waals surface area contributed by atoms with Crippen molar-refractivity contribution in [1.82, 2.24) is 10.2 Å². The molecule has 2 rings (SSSR count). The summed E-state index contributed by atoms with van der Waals surface area (Å²) in [6, 6.07) is 8.86. The first-order valence-electron chi connectivity index (χ1n) is 7.84. The van der Waals surface area contributed by atoms with Gasteiger partial charge in [0.15, 0.2) is 0 Å². The lowest BCUT2D eigenvalue weighted by molar-refractivity contribution is 0.190. The van der Waals surface area contributed by atoms with Crippen LogP contribution in [-0.4, -0.2) is 37.3 Å². The highest BCUT2D eigenvalue weighted by Gasteiger charge is 2.14. The number of piperidine rings is 1. The molecule has 1 fully saturated rings. The quantitative estimate of drug-likeness (QED) is 0.610. The van der Waals surface area contributed by atoms with E-state index in [1.165, 1.54) is 49.4 Å². The van der Waals surface area contributed by atoms with Crippen LogP contribution in [0.15, 0.2) is 29.2 Å². The minimum Gasteiger partial charge on any atom is -0.313 e. The molecule has 2 nitrogen and oxygen atoms in total. The summed E-state index contributed by atoms with van der Waals surface area (Å²) in [5.41, 5.74) is 1.38. The lowest BCUT2D eigenvalue weighted by Crippen LogP contribution is -2.34. The molecular formula is C17H28N2S. The molecule has 1 saturated heterocycles. The minimum atomic E-state index is 0.939. The predicted octanol–water partition coefficient (Wildman–Crippen LogP) is 3.62. The standard InChI is InChI=1S/C17H28N2S/c1-15-8-12-19(13-9-15)11-3-10-18-14-16-4-6-17(20-2)7-5-16/h4-7,15,18H,3,8-14H2,1-2H3. The number of nitrogens with one attached hydrogen (secondary N) is 1. The van der Waals surface area contributed by atoms with Crippen LogP contribution < -0.4 is 5.32 Å². The van der Waals surface area contributed by atoms with Crippen LogP contribution in [0.1, 0.15) is 31.7 Å². The van der Waals surface area contributed by atoms with E-state index in [9.17, 15) is 0 Å². The van der Waals surface area contributed by atoms with Gasteiger partial charge in [-0.05, 0) is 75.3 Å². The van der Waals surface area contributed by atoms with Crippen LogP contribution in [0.4, 0.5) is 0 Å². The lowest BCUT2D eigenvalue weighted by atomic mass is 9.99. The third kappa shape index (κ3) is 5.47. The van der Waals surface area contributed by atoms with Crippen molar-refractivity contribution < 1.29 is 0 Å². The Hall–Kier alpha value is -0.510. The van der Waals surface area contributed by atoms with Gasteiger partial charge in [0.25, 0.3) is 0 Å². The second-order valence-corrected chi connectivity index (χ2v) is 6.78. The Balaban J connectivity index is 1.55. The molecule has 0 unspecified atom stereocenters. The van der Waals surface area contributed by atoms with Crippen LogP contribution in [0, 0.1) is 5.92 Å². The Labute approximate surface area is 128 Å². The van der Waals surface area contributed by atoms with Crippen molar-refractivity contribution in [3.63, 3.8) is 0 Å². The average molecular weight is 292 g/mol. The molecule has 0 saturated carbocycles. The van der Waals surface area contributed by atoms with E-state index in [1.54, 1.807) is 11.8 Å². The highest BCUT2D eigenvalue weighted by Crippen LogP contribution is 2.16. The van der Waals surface area contributed by atoms with E-state index in [0.717, 1.165) is 19.0 Å². The third-order valence-electron chi connectivity index (χ3n) is 4.19. The minimum absolute atomic E-state index is 0.939. The average Bonchev–Trinajstić information content (AvgIpc) is 2.49. The summed E-state index contributed by atoms with van der Waals surface area (Å²) in [6.07, 6.45) is 6.15. The summed E-state index contributed by atoms with van der Waals surface area (Å²) in [4.78, 5) is 3.96. The van der Waals surface area contributed by atoms with Gasteiger partial charge in [0, 0.05) is 11.4 Å². The zero-order valence-corrected chi connectivity index (χ0v) is 13.7. The molecule has 1 aromatic carbocycles. The summed E-state index contributed by atoms with van der Waals surface area (Å²) in [5, 5.41) is 3.55. The molecule has 3 heteroatoms. The first-order valence-corrected chi connectivity index (χ1v) is 9.06. The Morgan fingerprint density at radius 1 is 1.20 bits per heavy atom. The molecule has 0 amide bonds. The molecule has 0 bridgehead atoms. The van der Waals surface area contributed by atoms with Gasteiger partial charge < -0.3 is 10.2 Å². The van der Waals surface area contributed by atoms with Crippen molar-refractivity contribution in [2.45, 2.75) is 37.6 Å². The lowest BCUT2D eigenvalue weighted by Gasteiger charge is -2.30. The molecule has 0 aliphatic carbocycles. The first kappa shape index (κ1) is 15.9. The van der Waals surface area contributed by atoms with Crippen LogP contribution in [0.5, 0.6) is 0 Å². The Kier molecular flexibility index (Phi) is 6.91. The maximum absolute atomic E-state index is 3.55. The molecule has 0 spiro atoms. The van der Waals surface area contributed by atoms with E-state index in [1.807, 2.05) is 0 Å². The summed E-state index contributed by atoms with van der Waals surface area (Å²) >= 11 is 1.80. The fourth-order valence-electron chi connectivity index (χ4n) is 2.69. The van der Waals surface area contributed by atoms with Gasteiger partial charge >= 0.3 is 0 Å². The fraction of sp³-hybridized carbons (Fsp3) is 0.647. The second kappa shape index (κ2) is 8.71. The van der Waals surface area contributed by atoms with Gasteiger partial charge in [-0.25, -0.2) is 0 Å². The number of hydrogen-bond donors (Lipinski definition) is 1. The third-order valence-corrected chi connectivity index (χ3v) is 4.94. The van der Waals surface area contributed by atoms with Crippen molar-refractivity contribution in [2.75, 3.05) is 32.4 Å². The van der Waals surface area contributed by atoms with Crippen molar-refractivity contribution in [1.29, 1.82) is 0 Å². The molecule has 112 valence electrons. The van der Waals surface area contributed by atoms with Gasteiger partial charge in [0.05, 0.1) is 0 Å². The first-order chi connectivity index (χ1) is 9.78. The van der Waals surface area contributed by atoms with Crippen molar-refractivity contribution >= 4 is 11.8 Å². The monoisotopic (exact) mass is 292 g/mol. The molecule has 0 atom stereocenters. The molecule has 1 aliphatic rings. The summed E-state index contributed by atoms with van der Waals surface area (Å²) < 4.78 is 0. The molecule has 0 radical (unpaired) electrons. The predicted molar refractivity (Wildman–Crippen MR) is 89.4 cm³/mol. The Bertz CT molecular complexity index is 369. The molecule has 1 N–H and O–H groups in total. The summed E-state index contributed by atoms with van der Waals surface area (Å²) in [6.45, 7) is 8.35. The van der Waals surface area contributed by atoms with Crippen molar-refractivity contribution in [3.05, 3.63) is 29.8 Å². The highest BCUT2D eigenvalue weighted by molar-refractivity contribution is 7.98. The summed E-state index contributed by atoms with van der Waals surface area (Å²) in [5.74, 6) is 0.939. The van der Waals surface area contributed by atoms with Crippen molar-refractivity contribution in [3.8, 4) is 0 Å². The molecule has 1 aromatic rings. The van der Waals surface area contributed by atoms with Gasteiger partial charge in [0.2, 0.25) is 0 Å². The second-order valence-electron chi connectivity index (χ2n) is 5.90. The highest BCUT2D eigenvalue weighted by atomic mass is 32.2. The van der Waals surface area contributed by atoms with E-state index >= 15 is 0 Å². The fourth-order valence-corrected chi connectivity index (χ4v) is 3.10. The van der Waals surface area contributed by atoms with E-state index in [-0.39, 0.29) is 0 Å². The number of benzene rings is 1. The SMILES string of the molecule is CSc1ccc(CNCCCN2CCC(C)CC2)cc1. The molecule has 1 aliphatic heterocycles. The van der Waals surface area contributed by atoms with Crippen LogP contribution in [-0.2, 0) is 6.54 Å². The van der Waals surface area contributed by atoms with Crippen molar-refractivity contribution in [2.24, 2.45) is 5.92 Å². The molecular weight excluding hydrogens is 264 g/mol. The van der Waals surface area contributed by atoms with E-state index in [0.29, 0.717) is 0 Å². The molecule has 0 aromatic heterocycles. The largest absolute Gasteiger partial charge is 0.313 e. The van der Waals surface area contributed by atoms with Crippen LogP contribution in [0.25, 0.3) is 0 Å². The van der Waals surface area contributed by atoms with Gasteiger partial charge in [-0.15, -0.1) is 11.8 Å². The normalized spacial score (nSPS) is 17.5. The number of nitrogens with zero attached hydrogens (tertiary/aromatic N) is 1. The van der Waals surface area contributed by atoms with Crippen LogP contribution >= 0.6 is 11.8 Å². The number of rotatable bonds is 7. The van der Waals surface area contributed by atoms with Gasteiger partial charge in [-0.2, -0.15) is 0 Å². The Morgan fingerprint density at radius 3 is 2.55 bits per heavy atom. The molecule has 1 heterocycles. The van der Waals surface area contributed by atoms with Gasteiger partial charge in [-0.1, -0.05) is 19.1 Å². The maximum Gasteiger partial charge on any atom is 0.0205 e. The number of thioether (sulfide) groups is 1. The molecule has 20 heavy (non-hydrogen) atoms. The topological polar surface area (TPSA) is 15.3 Å². The van der Waals surface area contributed by atoms with E-state index in [4.69, 9.17) is 0 Å². The number of likely N-dealkylation sites (tertiary alicyclic amines) is 1. The zero-order valence-electron chi connectivity index (χ0n) is 12.9.